The highest BCUT2D eigenvalue weighted by atomic mass is 35.7. The van der Waals surface area contributed by atoms with Crippen LogP contribution in [-0.2, 0) is 20.0 Å². The first-order valence-corrected chi connectivity index (χ1v) is 7.22. The third-order valence-electron chi connectivity index (χ3n) is 2.06. The van der Waals surface area contributed by atoms with E-state index in [1.165, 1.54) is 6.92 Å². The highest BCUT2D eigenvalue weighted by Crippen LogP contribution is 2.37. The Balaban J connectivity index is 3.63. The molecular formula is C10H8ClF3O4S. The van der Waals surface area contributed by atoms with E-state index in [0.29, 0.717) is 6.07 Å². The van der Waals surface area contributed by atoms with Crippen LogP contribution in [0.25, 0.3) is 0 Å². The van der Waals surface area contributed by atoms with Gasteiger partial charge in [0.05, 0.1) is 17.7 Å². The summed E-state index contributed by atoms with van der Waals surface area (Å²) in [6, 6.07) is 2.33. The predicted octanol–water partition coefficient (Wildman–Crippen LogP) is 2.81. The first-order chi connectivity index (χ1) is 8.59. The van der Waals surface area contributed by atoms with Gasteiger partial charge in [0, 0.05) is 10.7 Å². The molecule has 0 radical (unpaired) electrons. The fraction of sp³-hybridized carbons (Fsp3) is 0.300. The van der Waals surface area contributed by atoms with Gasteiger partial charge in [-0.25, -0.2) is 13.2 Å². The molecule has 0 atom stereocenters. The van der Waals surface area contributed by atoms with Gasteiger partial charge in [-0.15, -0.1) is 0 Å². The third-order valence-corrected chi connectivity index (χ3v) is 3.45. The van der Waals surface area contributed by atoms with Crippen molar-refractivity contribution in [3.63, 3.8) is 0 Å². The van der Waals surface area contributed by atoms with E-state index < -0.39 is 37.2 Å². The van der Waals surface area contributed by atoms with Gasteiger partial charge in [-0.05, 0) is 19.1 Å². The van der Waals surface area contributed by atoms with Crippen molar-refractivity contribution in [1.29, 1.82) is 0 Å². The van der Waals surface area contributed by atoms with Gasteiger partial charge in [0.2, 0.25) is 0 Å². The molecule has 0 aliphatic rings. The van der Waals surface area contributed by atoms with Gasteiger partial charge in [-0.2, -0.15) is 13.2 Å². The summed E-state index contributed by atoms with van der Waals surface area (Å²) in [4.78, 5) is 10.2. The Morgan fingerprint density at radius 3 is 2.37 bits per heavy atom. The van der Waals surface area contributed by atoms with E-state index in [0.717, 1.165) is 12.1 Å². The van der Waals surface area contributed by atoms with Crippen LogP contribution in [0.3, 0.4) is 0 Å². The minimum absolute atomic E-state index is 0.114. The maximum absolute atomic E-state index is 12.7. The first kappa shape index (κ1) is 15.8. The van der Waals surface area contributed by atoms with E-state index in [-0.39, 0.29) is 6.61 Å². The summed E-state index contributed by atoms with van der Waals surface area (Å²) in [5.74, 6) is -1.19. The molecule has 1 aromatic carbocycles. The Hall–Kier alpha value is -1.28. The van der Waals surface area contributed by atoms with Crippen molar-refractivity contribution in [2.24, 2.45) is 0 Å². The number of benzene rings is 1. The molecule has 0 saturated carbocycles. The molecule has 0 saturated heterocycles. The van der Waals surface area contributed by atoms with E-state index >= 15 is 0 Å². The maximum atomic E-state index is 12.7. The van der Waals surface area contributed by atoms with E-state index in [4.69, 9.17) is 10.7 Å². The maximum Gasteiger partial charge on any atom is 0.417 e. The van der Waals surface area contributed by atoms with Gasteiger partial charge in [0.25, 0.3) is 9.05 Å². The molecule has 0 N–H and O–H groups in total. The summed E-state index contributed by atoms with van der Waals surface area (Å²) in [7, 11) is 0.224. The van der Waals surface area contributed by atoms with Crippen molar-refractivity contribution < 1.29 is 31.1 Å². The van der Waals surface area contributed by atoms with Crippen LogP contribution in [-0.4, -0.2) is 21.0 Å². The average molecular weight is 317 g/mol. The van der Waals surface area contributed by atoms with Crippen molar-refractivity contribution in [3.05, 3.63) is 29.3 Å². The van der Waals surface area contributed by atoms with E-state index in [1.54, 1.807) is 0 Å². The summed E-state index contributed by atoms with van der Waals surface area (Å²) < 4.78 is 65.3. The molecular weight excluding hydrogens is 309 g/mol. The molecule has 0 aliphatic heterocycles. The second-order valence-corrected chi connectivity index (χ2v) is 5.84. The molecule has 9 heteroatoms. The SMILES string of the molecule is CCOC(=O)c1cccc(C(F)(F)F)c1S(=O)(=O)Cl. The van der Waals surface area contributed by atoms with Crippen LogP contribution < -0.4 is 0 Å². The fourth-order valence-electron chi connectivity index (χ4n) is 1.39. The molecule has 0 amide bonds. The normalized spacial score (nSPS) is 12.3. The highest BCUT2D eigenvalue weighted by molar-refractivity contribution is 8.13. The van der Waals surface area contributed by atoms with Gasteiger partial charge in [0.15, 0.2) is 0 Å². The number of rotatable bonds is 3. The van der Waals surface area contributed by atoms with Crippen molar-refractivity contribution >= 4 is 25.7 Å². The number of halogens is 4. The molecule has 0 aliphatic carbocycles. The number of hydrogen-bond acceptors (Lipinski definition) is 4. The average Bonchev–Trinajstić information content (AvgIpc) is 2.26. The Kier molecular flexibility index (Phi) is 4.46. The van der Waals surface area contributed by atoms with E-state index in [9.17, 15) is 26.4 Å². The summed E-state index contributed by atoms with van der Waals surface area (Å²) in [5.41, 5.74) is -2.25. The summed E-state index contributed by atoms with van der Waals surface area (Å²) in [6.07, 6.45) is -4.96. The molecule has 0 spiro atoms. The number of hydrogen-bond donors (Lipinski definition) is 0. The number of alkyl halides is 3. The smallest absolute Gasteiger partial charge is 0.417 e. The third kappa shape index (κ3) is 3.60. The second kappa shape index (κ2) is 5.38. The molecule has 106 valence electrons. The monoisotopic (exact) mass is 316 g/mol. The van der Waals surface area contributed by atoms with Crippen LogP contribution >= 0.6 is 10.7 Å². The Morgan fingerprint density at radius 2 is 1.95 bits per heavy atom. The van der Waals surface area contributed by atoms with Crippen LogP contribution in [0.5, 0.6) is 0 Å². The largest absolute Gasteiger partial charge is 0.462 e. The lowest BCUT2D eigenvalue weighted by Gasteiger charge is -2.13. The highest BCUT2D eigenvalue weighted by Gasteiger charge is 2.39. The quantitative estimate of drug-likeness (QED) is 0.635. The Labute approximate surface area is 111 Å². The van der Waals surface area contributed by atoms with Crippen molar-refractivity contribution in [1.82, 2.24) is 0 Å². The number of carbonyl (C=O) groups is 1. The summed E-state index contributed by atoms with van der Waals surface area (Å²) >= 11 is 0. The second-order valence-electron chi connectivity index (χ2n) is 3.34. The van der Waals surface area contributed by atoms with Crippen LogP contribution in [0.1, 0.15) is 22.8 Å². The lowest BCUT2D eigenvalue weighted by molar-refractivity contribution is -0.139. The zero-order valence-corrected chi connectivity index (χ0v) is 11.1. The number of esters is 1. The lowest BCUT2D eigenvalue weighted by Crippen LogP contribution is -2.16. The minimum Gasteiger partial charge on any atom is -0.462 e. The van der Waals surface area contributed by atoms with Crippen LogP contribution in [0.4, 0.5) is 13.2 Å². The zero-order valence-electron chi connectivity index (χ0n) is 9.49. The molecule has 0 bridgehead atoms. The standard InChI is InChI=1S/C10H8ClF3O4S/c1-2-18-9(15)6-4-3-5-7(10(12,13)14)8(6)19(11,16)17/h3-5H,2H2,1H3. The molecule has 19 heavy (non-hydrogen) atoms. The molecule has 0 heterocycles. The molecule has 4 nitrogen and oxygen atoms in total. The van der Waals surface area contributed by atoms with Crippen LogP contribution in [0.15, 0.2) is 23.1 Å². The van der Waals surface area contributed by atoms with Gasteiger partial charge >= 0.3 is 12.1 Å². The van der Waals surface area contributed by atoms with Crippen molar-refractivity contribution in [2.45, 2.75) is 18.0 Å². The van der Waals surface area contributed by atoms with Gasteiger partial charge in [0.1, 0.15) is 4.90 Å². The molecule has 1 rings (SSSR count). The van der Waals surface area contributed by atoms with Gasteiger partial charge < -0.3 is 4.74 Å². The van der Waals surface area contributed by atoms with Gasteiger partial charge in [-0.1, -0.05) is 6.07 Å². The van der Waals surface area contributed by atoms with E-state index in [2.05, 4.69) is 4.74 Å². The summed E-state index contributed by atoms with van der Waals surface area (Å²) in [5, 5.41) is 0. The number of ether oxygens (including phenoxy) is 1. The molecule has 0 fully saturated rings. The molecule has 0 aromatic heterocycles. The number of carbonyl (C=O) groups excluding carboxylic acids is 1. The first-order valence-electron chi connectivity index (χ1n) is 4.91. The topological polar surface area (TPSA) is 60.4 Å². The van der Waals surface area contributed by atoms with Crippen LogP contribution in [0, 0.1) is 0 Å². The Morgan fingerprint density at radius 1 is 1.37 bits per heavy atom. The lowest BCUT2D eigenvalue weighted by atomic mass is 10.1. The molecule has 1 aromatic rings. The van der Waals surface area contributed by atoms with Gasteiger partial charge in [-0.3, -0.25) is 0 Å². The molecule has 0 unspecified atom stereocenters. The zero-order chi connectivity index (χ0) is 14.8. The van der Waals surface area contributed by atoms with Crippen molar-refractivity contribution in [2.75, 3.05) is 6.61 Å². The van der Waals surface area contributed by atoms with Crippen LogP contribution in [0.2, 0.25) is 0 Å². The summed E-state index contributed by atoms with van der Waals surface area (Å²) in [6.45, 7) is 1.32. The fourth-order valence-corrected chi connectivity index (χ4v) is 2.75. The minimum atomic E-state index is -4.96. The Bertz CT molecular complexity index is 595. The van der Waals surface area contributed by atoms with E-state index in [1.807, 2.05) is 0 Å². The predicted molar refractivity (Wildman–Crippen MR) is 60.4 cm³/mol. The van der Waals surface area contributed by atoms with Crippen molar-refractivity contribution in [3.8, 4) is 0 Å².